The SMILES string of the molecule is CCCCCNC(=O)C(c1cc(C)cc(C)c1)N(C(=O)C(CCC(N)=O)NC(=O)OC(C)(C)C)C1CC1C. The third-order valence-corrected chi connectivity index (χ3v) is 6.51. The van der Waals surface area contributed by atoms with Crippen molar-refractivity contribution >= 4 is 23.8 Å². The lowest BCUT2D eigenvalue weighted by molar-refractivity contribution is -0.143. The molecule has 1 aromatic rings. The van der Waals surface area contributed by atoms with Gasteiger partial charge < -0.3 is 26.0 Å². The highest BCUT2D eigenvalue weighted by Gasteiger charge is 2.48. The molecule has 4 N–H and O–H groups in total. The first-order chi connectivity index (χ1) is 17.7. The highest BCUT2D eigenvalue weighted by molar-refractivity contribution is 5.93. The van der Waals surface area contributed by atoms with Crippen LogP contribution in [-0.2, 0) is 19.1 Å². The Kier molecular flexibility index (Phi) is 11.2. The lowest BCUT2D eigenvalue weighted by Gasteiger charge is -2.35. The minimum atomic E-state index is -1.08. The Morgan fingerprint density at radius 2 is 1.71 bits per heavy atom. The highest BCUT2D eigenvalue weighted by Crippen LogP contribution is 2.41. The molecular weight excluding hydrogens is 484 g/mol. The van der Waals surface area contributed by atoms with Crippen LogP contribution in [0.5, 0.6) is 0 Å². The van der Waals surface area contributed by atoms with Crippen LogP contribution < -0.4 is 16.4 Å². The van der Waals surface area contributed by atoms with Crippen LogP contribution >= 0.6 is 0 Å². The molecule has 1 saturated carbocycles. The van der Waals surface area contributed by atoms with E-state index in [0.717, 1.165) is 36.8 Å². The predicted octanol–water partition coefficient (Wildman–Crippen LogP) is 4.05. The number of unbranched alkanes of at least 4 members (excludes halogenated alkanes) is 2. The molecule has 0 spiro atoms. The smallest absolute Gasteiger partial charge is 0.408 e. The van der Waals surface area contributed by atoms with E-state index in [1.807, 2.05) is 39.0 Å². The van der Waals surface area contributed by atoms with Crippen LogP contribution in [0, 0.1) is 19.8 Å². The summed E-state index contributed by atoms with van der Waals surface area (Å²) in [6.45, 7) is 13.7. The van der Waals surface area contributed by atoms with Crippen LogP contribution in [-0.4, -0.2) is 52.9 Å². The number of nitrogens with two attached hydrogens (primary N) is 1. The van der Waals surface area contributed by atoms with E-state index in [-0.39, 0.29) is 30.7 Å². The second-order valence-electron chi connectivity index (χ2n) is 11.6. The van der Waals surface area contributed by atoms with Crippen LogP contribution in [0.2, 0.25) is 0 Å². The molecule has 0 aromatic heterocycles. The molecule has 0 saturated heterocycles. The van der Waals surface area contributed by atoms with Gasteiger partial charge in [0.05, 0.1) is 0 Å². The summed E-state index contributed by atoms with van der Waals surface area (Å²) in [5, 5.41) is 5.67. The maximum absolute atomic E-state index is 14.2. The van der Waals surface area contributed by atoms with Crippen molar-refractivity contribution in [2.24, 2.45) is 11.7 Å². The Morgan fingerprint density at radius 3 is 2.21 bits per heavy atom. The molecule has 1 fully saturated rings. The molecule has 4 amide bonds. The van der Waals surface area contributed by atoms with Crippen LogP contribution in [0.3, 0.4) is 0 Å². The molecule has 1 aromatic carbocycles. The van der Waals surface area contributed by atoms with Gasteiger partial charge in [-0.1, -0.05) is 56.0 Å². The van der Waals surface area contributed by atoms with Crippen LogP contribution in [0.1, 0.15) is 95.9 Å². The summed E-state index contributed by atoms with van der Waals surface area (Å²) in [6, 6.07) is 3.74. The second kappa shape index (κ2) is 13.6. The van der Waals surface area contributed by atoms with E-state index >= 15 is 0 Å². The number of carbonyl (C=O) groups is 4. The number of ether oxygens (including phenoxy) is 1. The first kappa shape index (κ1) is 31.1. The van der Waals surface area contributed by atoms with Gasteiger partial charge in [0.2, 0.25) is 17.7 Å². The monoisotopic (exact) mass is 530 g/mol. The summed E-state index contributed by atoms with van der Waals surface area (Å²) in [5.41, 5.74) is 7.30. The number of carbonyl (C=O) groups excluding carboxylic acids is 4. The first-order valence-corrected chi connectivity index (χ1v) is 13.7. The molecule has 0 bridgehead atoms. The summed E-state index contributed by atoms with van der Waals surface area (Å²) < 4.78 is 5.39. The minimum absolute atomic E-state index is 0.00267. The topological polar surface area (TPSA) is 131 Å². The van der Waals surface area contributed by atoms with Crippen LogP contribution in [0.25, 0.3) is 0 Å². The normalized spacial score (nSPS) is 18.2. The Morgan fingerprint density at radius 1 is 1.11 bits per heavy atom. The Hall–Kier alpha value is -3.10. The van der Waals surface area contributed by atoms with Gasteiger partial charge in [-0.3, -0.25) is 14.4 Å². The summed E-state index contributed by atoms with van der Waals surface area (Å²) in [5.74, 6) is -1.08. The van der Waals surface area contributed by atoms with Crippen molar-refractivity contribution in [3.05, 3.63) is 34.9 Å². The third-order valence-electron chi connectivity index (χ3n) is 6.51. The molecule has 1 aliphatic carbocycles. The van der Waals surface area contributed by atoms with Crippen molar-refractivity contribution in [3.8, 4) is 0 Å². The fourth-order valence-corrected chi connectivity index (χ4v) is 4.64. The highest BCUT2D eigenvalue weighted by atomic mass is 16.6. The van der Waals surface area contributed by atoms with Gasteiger partial charge in [0.25, 0.3) is 0 Å². The van der Waals surface area contributed by atoms with E-state index in [4.69, 9.17) is 10.5 Å². The fourth-order valence-electron chi connectivity index (χ4n) is 4.64. The Labute approximate surface area is 227 Å². The molecule has 1 aliphatic rings. The quantitative estimate of drug-likeness (QED) is 0.331. The third kappa shape index (κ3) is 9.65. The van der Waals surface area contributed by atoms with Crippen molar-refractivity contribution < 1.29 is 23.9 Å². The first-order valence-electron chi connectivity index (χ1n) is 13.7. The van der Waals surface area contributed by atoms with E-state index in [1.165, 1.54) is 0 Å². The summed E-state index contributed by atoms with van der Waals surface area (Å²) in [4.78, 5) is 53.8. The van der Waals surface area contributed by atoms with Gasteiger partial charge in [0, 0.05) is 19.0 Å². The van der Waals surface area contributed by atoms with Crippen LogP contribution in [0.15, 0.2) is 18.2 Å². The molecule has 9 heteroatoms. The van der Waals surface area contributed by atoms with Gasteiger partial charge in [0.1, 0.15) is 17.7 Å². The summed E-state index contributed by atoms with van der Waals surface area (Å²) in [7, 11) is 0. The molecule has 0 radical (unpaired) electrons. The van der Waals surface area contributed by atoms with Crippen molar-refractivity contribution in [1.82, 2.24) is 15.5 Å². The van der Waals surface area contributed by atoms with Gasteiger partial charge in [-0.25, -0.2) is 4.79 Å². The molecule has 4 atom stereocenters. The van der Waals surface area contributed by atoms with E-state index in [9.17, 15) is 19.2 Å². The number of amides is 4. The summed E-state index contributed by atoms with van der Waals surface area (Å²) in [6.07, 6.45) is 2.74. The summed E-state index contributed by atoms with van der Waals surface area (Å²) >= 11 is 0. The van der Waals surface area contributed by atoms with E-state index in [0.29, 0.717) is 12.1 Å². The maximum Gasteiger partial charge on any atom is 0.408 e. The van der Waals surface area contributed by atoms with Gasteiger partial charge in [-0.2, -0.15) is 0 Å². The number of hydrogen-bond donors (Lipinski definition) is 3. The second-order valence-corrected chi connectivity index (χ2v) is 11.6. The molecular formula is C29H46N4O5. The largest absolute Gasteiger partial charge is 0.444 e. The Bertz CT molecular complexity index is 983. The minimum Gasteiger partial charge on any atom is -0.444 e. The average molecular weight is 531 g/mol. The zero-order valence-corrected chi connectivity index (χ0v) is 24.1. The predicted molar refractivity (Wildman–Crippen MR) is 147 cm³/mol. The van der Waals surface area contributed by atoms with E-state index < -0.39 is 35.6 Å². The molecule has 9 nitrogen and oxygen atoms in total. The van der Waals surface area contributed by atoms with Crippen molar-refractivity contribution in [2.45, 2.75) is 111 Å². The van der Waals surface area contributed by atoms with E-state index in [2.05, 4.69) is 17.6 Å². The number of alkyl carbamates (subject to hydrolysis) is 1. The molecule has 0 heterocycles. The maximum atomic E-state index is 14.2. The number of hydrogen-bond acceptors (Lipinski definition) is 5. The lowest BCUT2D eigenvalue weighted by atomic mass is 9.97. The van der Waals surface area contributed by atoms with Crippen molar-refractivity contribution in [3.63, 3.8) is 0 Å². The van der Waals surface area contributed by atoms with Crippen molar-refractivity contribution in [1.29, 1.82) is 0 Å². The number of rotatable bonds is 13. The molecule has 38 heavy (non-hydrogen) atoms. The molecule has 2 rings (SSSR count). The lowest BCUT2D eigenvalue weighted by Crippen LogP contribution is -2.54. The zero-order chi connectivity index (χ0) is 28.6. The molecule has 212 valence electrons. The van der Waals surface area contributed by atoms with E-state index in [1.54, 1.807) is 25.7 Å². The number of aryl methyl sites for hydroxylation is 2. The average Bonchev–Trinajstić information content (AvgIpc) is 3.50. The van der Waals surface area contributed by atoms with Gasteiger partial charge in [-0.05, 0) is 65.4 Å². The van der Waals surface area contributed by atoms with Gasteiger partial charge in [-0.15, -0.1) is 0 Å². The number of nitrogens with one attached hydrogen (secondary N) is 2. The Balaban J connectivity index is 2.49. The van der Waals surface area contributed by atoms with Gasteiger partial charge >= 0.3 is 6.09 Å². The van der Waals surface area contributed by atoms with Crippen LogP contribution in [0.4, 0.5) is 4.79 Å². The zero-order valence-electron chi connectivity index (χ0n) is 24.1. The van der Waals surface area contributed by atoms with Crippen molar-refractivity contribution in [2.75, 3.05) is 6.54 Å². The fraction of sp³-hybridized carbons (Fsp3) is 0.655. The number of primary amides is 1. The standard InChI is InChI=1S/C29H46N4O5/c1-8-9-10-13-31-26(35)25(21-15-18(2)14-19(3)16-21)33(23-17-20(23)4)27(36)22(11-12-24(30)34)32-28(37)38-29(5,6)7/h14-16,20,22-23,25H,8-13,17H2,1-7H3,(H2,30,34)(H,31,35)(H,32,37). The molecule has 4 unspecified atom stereocenters. The number of nitrogens with zero attached hydrogens (tertiary/aromatic N) is 1. The molecule has 0 aliphatic heterocycles. The number of benzene rings is 1. The van der Waals surface area contributed by atoms with Gasteiger partial charge in [0.15, 0.2) is 0 Å².